The fourth-order valence-electron chi connectivity index (χ4n) is 4.97. The number of hydrogen-bond donors (Lipinski definition) is 1. The number of halogens is 4. The monoisotopic (exact) mass is 545 g/mol. The molecule has 0 spiro atoms. The first-order chi connectivity index (χ1) is 18.2. The summed E-state index contributed by atoms with van der Waals surface area (Å²) in [6.07, 6.45) is -4.06. The lowest BCUT2D eigenvalue weighted by Gasteiger charge is -2.40. The van der Waals surface area contributed by atoms with E-state index >= 15 is 0 Å². The van der Waals surface area contributed by atoms with Gasteiger partial charge in [-0.15, -0.1) is 0 Å². The Bertz CT molecular complexity index is 1260. The summed E-state index contributed by atoms with van der Waals surface area (Å²) in [5, 5.41) is 3.48. The predicted octanol–water partition coefficient (Wildman–Crippen LogP) is 6.30. The molecule has 2 saturated heterocycles. The van der Waals surface area contributed by atoms with E-state index in [1.165, 1.54) is 6.07 Å². The van der Waals surface area contributed by atoms with Gasteiger partial charge >= 0.3 is 12.2 Å². The molecule has 5 rings (SSSR count). The lowest BCUT2D eigenvalue weighted by Crippen LogP contribution is -2.48. The van der Waals surface area contributed by atoms with Gasteiger partial charge < -0.3 is 14.8 Å². The van der Waals surface area contributed by atoms with Gasteiger partial charge in [0.25, 0.3) is 0 Å². The summed E-state index contributed by atoms with van der Waals surface area (Å²) >= 11 is 5.94. The fraction of sp³-hybridized carbons (Fsp3) is 0.321. The maximum absolute atomic E-state index is 13.7. The van der Waals surface area contributed by atoms with E-state index in [9.17, 15) is 18.0 Å². The second-order valence-corrected chi connectivity index (χ2v) is 9.79. The van der Waals surface area contributed by atoms with Crippen LogP contribution in [-0.2, 0) is 16.5 Å². The number of nitrogens with zero attached hydrogens (tertiary/aromatic N) is 2. The molecule has 1 N–H and O–H groups in total. The highest BCUT2D eigenvalue weighted by molar-refractivity contribution is 6.30. The van der Waals surface area contributed by atoms with Crippen molar-refractivity contribution in [1.29, 1.82) is 0 Å². The Morgan fingerprint density at radius 1 is 0.974 bits per heavy atom. The van der Waals surface area contributed by atoms with Crippen LogP contribution in [0.25, 0.3) is 0 Å². The van der Waals surface area contributed by atoms with Crippen molar-refractivity contribution in [2.24, 2.45) is 0 Å². The summed E-state index contributed by atoms with van der Waals surface area (Å²) in [5.41, 5.74) is -0.773. The van der Waals surface area contributed by atoms with Gasteiger partial charge in [0, 0.05) is 36.9 Å². The minimum absolute atomic E-state index is 0.181. The molecule has 2 fully saturated rings. The normalized spacial score (nSPS) is 20.4. The van der Waals surface area contributed by atoms with Crippen molar-refractivity contribution in [3.63, 3.8) is 0 Å². The zero-order valence-corrected chi connectivity index (χ0v) is 21.3. The van der Waals surface area contributed by atoms with Gasteiger partial charge in [0.2, 0.25) is 0 Å². The zero-order chi connectivity index (χ0) is 26.8. The van der Waals surface area contributed by atoms with Crippen LogP contribution in [0.15, 0.2) is 72.8 Å². The molecule has 3 aromatic rings. The molecule has 0 radical (unpaired) electrons. The Morgan fingerprint density at radius 2 is 1.63 bits per heavy atom. The molecule has 38 heavy (non-hydrogen) atoms. The van der Waals surface area contributed by atoms with E-state index in [4.69, 9.17) is 21.1 Å². The van der Waals surface area contributed by atoms with Crippen LogP contribution < -0.4 is 15.0 Å². The third-order valence-electron chi connectivity index (χ3n) is 6.98. The molecule has 0 aliphatic carbocycles. The van der Waals surface area contributed by atoms with Gasteiger partial charge in [0.1, 0.15) is 11.5 Å². The number of rotatable bonds is 7. The lowest BCUT2D eigenvalue weighted by atomic mass is 9.84. The molecule has 2 aliphatic rings. The van der Waals surface area contributed by atoms with Crippen LogP contribution in [0, 0.1) is 0 Å². The molecule has 2 aliphatic heterocycles. The number of benzene rings is 3. The Kier molecular flexibility index (Phi) is 7.52. The Hall–Kier alpha value is -3.27. The number of nitrogens with one attached hydrogen (secondary N) is 1. The molecule has 0 aromatic heterocycles. The van der Waals surface area contributed by atoms with Gasteiger partial charge in [-0.1, -0.05) is 23.7 Å². The third kappa shape index (κ3) is 5.60. The van der Waals surface area contributed by atoms with Crippen molar-refractivity contribution in [3.05, 3.63) is 88.9 Å². The summed E-state index contributed by atoms with van der Waals surface area (Å²) in [7, 11) is 0. The van der Waals surface area contributed by atoms with Gasteiger partial charge in [0.05, 0.1) is 24.3 Å². The number of carbonyl (C=O) groups excluding carboxylic acids is 1. The topological polar surface area (TPSA) is 54.0 Å². The standard InChI is InChI=1S/C28H27ClF3N3O3/c29-22-4-8-24(9-5-22)38-25-10-6-23(7-11-25)35-26(36)33-19-27(35,12-13-34-14-16-37-17-15-34)20-2-1-3-21(18-20)28(30,31)32/h1-11,18H,12-17,19H2,(H,33,36). The predicted molar refractivity (Wildman–Crippen MR) is 139 cm³/mol. The minimum Gasteiger partial charge on any atom is -0.457 e. The molecule has 1 atom stereocenters. The maximum Gasteiger partial charge on any atom is 0.416 e. The molecular weight excluding hydrogens is 519 g/mol. The van der Waals surface area contributed by atoms with Crippen LogP contribution in [0.3, 0.4) is 0 Å². The van der Waals surface area contributed by atoms with Crippen LogP contribution >= 0.6 is 11.6 Å². The molecule has 3 aromatic carbocycles. The summed E-state index contributed by atoms with van der Waals surface area (Å²) in [6.45, 7) is 3.45. The molecular formula is C28H27ClF3N3O3. The number of hydrogen-bond acceptors (Lipinski definition) is 4. The van der Waals surface area contributed by atoms with Gasteiger partial charge in [-0.2, -0.15) is 13.2 Å². The second-order valence-electron chi connectivity index (χ2n) is 9.36. The van der Waals surface area contributed by atoms with Crippen molar-refractivity contribution in [2.75, 3.05) is 44.3 Å². The van der Waals surface area contributed by atoms with Crippen LogP contribution in [-0.4, -0.2) is 50.3 Å². The Labute approximate surface area is 223 Å². The van der Waals surface area contributed by atoms with Gasteiger partial charge in [-0.25, -0.2) is 4.79 Å². The van der Waals surface area contributed by atoms with E-state index in [-0.39, 0.29) is 12.6 Å². The molecule has 1 unspecified atom stereocenters. The SMILES string of the molecule is O=C1NCC(CCN2CCOCC2)(c2cccc(C(F)(F)F)c2)N1c1ccc(Oc2ccc(Cl)cc2)cc1. The highest BCUT2D eigenvalue weighted by Gasteiger charge is 2.48. The number of carbonyl (C=O) groups is 1. The van der Waals surface area contributed by atoms with Gasteiger partial charge in [0.15, 0.2) is 0 Å². The van der Waals surface area contributed by atoms with Crippen LogP contribution in [0.5, 0.6) is 11.5 Å². The summed E-state index contributed by atoms with van der Waals surface area (Å²) < 4.78 is 52.3. The highest BCUT2D eigenvalue weighted by Crippen LogP contribution is 2.42. The van der Waals surface area contributed by atoms with Crippen LogP contribution in [0.2, 0.25) is 5.02 Å². The van der Waals surface area contributed by atoms with E-state index in [0.717, 1.165) is 25.2 Å². The third-order valence-corrected chi connectivity index (χ3v) is 7.23. The second kappa shape index (κ2) is 10.8. The lowest BCUT2D eigenvalue weighted by molar-refractivity contribution is -0.137. The number of ether oxygens (including phenoxy) is 2. The van der Waals surface area contributed by atoms with Crippen molar-refractivity contribution >= 4 is 23.3 Å². The summed E-state index contributed by atoms with van der Waals surface area (Å²) in [6, 6.07) is 18.8. The Morgan fingerprint density at radius 3 is 2.29 bits per heavy atom. The molecule has 6 nitrogen and oxygen atoms in total. The maximum atomic E-state index is 13.7. The van der Waals surface area contributed by atoms with E-state index in [2.05, 4.69) is 10.2 Å². The number of morpholine rings is 1. The molecule has 2 amide bonds. The first kappa shape index (κ1) is 26.3. The van der Waals surface area contributed by atoms with E-state index in [1.807, 2.05) is 0 Å². The van der Waals surface area contributed by atoms with Gasteiger partial charge in [-0.3, -0.25) is 9.80 Å². The molecule has 200 valence electrons. The zero-order valence-electron chi connectivity index (χ0n) is 20.5. The van der Waals surface area contributed by atoms with E-state index in [1.54, 1.807) is 59.5 Å². The minimum atomic E-state index is -4.50. The van der Waals surface area contributed by atoms with Crippen molar-refractivity contribution in [1.82, 2.24) is 10.2 Å². The first-order valence-corrected chi connectivity index (χ1v) is 12.7. The first-order valence-electron chi connectivity index (χ1n) is 12.3. The van der Waals surface area contributed by atoms with Crippen molar-refractivity contribution in [3.8, 4) is 11.5 Å². The fourth-order valence-corrected chi connectivity index (χ4v) is 5.10. The number of amides is 2. The molecule has 2 heterocycles. The molecule has 10 heteroatoms. The highest BCUT2D eigenvalue weighted by atomic mass is 35.5. The van der Waals surface area contributed by atoms with E-state index < -0.39 is 17.3 Å². The quantitative estimate of drug-likeness (QED) is 0.379. The van der Waals surface area contributed by atoms with Crippen LogP contribution in [0.4, 0.5) is 23.7 Å². The van der Waals surface area contributed by atoms with Crippen molar-refractivity contribution in [2.45, 2.75) is 18.1 Å². The average molecular weight is 546 g/mol. The van der Waals surface area contributed by atoms with Crippen molar-refractivity contribution < 1.29 is 27.4 Å². The number of alkyl halides is 3. The summed E-state index contributed by atoms with van der Waals surface area (Å²) in [4.78, 5) is 17.0. The average Bonchev–Trinajstić information content (AvgIpc) is 3.26. The summed E-state index contributed by atoms with van der Waals surface area (Å²) in [5.74, 6) is 1.15. The largest absolute Gasteiger partial charge is 0.457 e. The molecule has 0 bridgehead atoms. The Balaban J connectivity index is 1.48. The number of anilines is 1. The molecule has 0 saturated carbocycles. The van der Waals surface area contributed by atoms with E-state index in [0.29, 0.717) is 54.0 Å². The number of urea groups is 1. The van der Waals surface area contributed by atoms with Crippen LogP contribution in [0.1, 0.15) is 17.5 Å². The van der Waals surface area contributed by atoms with Gasteiger partial charge in [-0.05, 0) is 72.6 Å². The smallest absolute Gasteiger partial charge is 0.416 e.